The van der Waals surface area contributed by atoms with Crippen molar-refractivity contribution in [3.8, 4) is 0 Å². The summed E-state index contributed by atoms with van der Waals surface area (Å²) in [5, 5.41) is 8.04. The maximum absolute atomic E-state index is 7.33. The molecule has 0 unspecified atom stereocenters. The molecule has 1 aromatic carbocycles. The molecular weight excluding hydrogens is 254 g/mol. The van der Waals surface area contributed by atoms with Crippen molar-refractivity contribution in [2.75, 3.05) is 0 Å². The number of nitrogens with two attached hydrogens (primary N) is 1. The minimum atomic E-state index is -0.0291. The lowest BCUT2D eigenvalue weighted by Crippen LogP contribution is -2.12. The van der Waals surface area contributed by atoms with E-state index in [0.29, 0.717) is 10.7 Å². The summed E-state index contributed by atoms with van der Waals surface area (Å²) < 4.78 is 0. The van der Waals surface area contributed by atoms with Crippen LogP contribution < -0.4 is 5.73 Å². The molecule has 0 atom stereocenters. The predicted molar refractivity (Wildman–Crippen MR) is 70.8 cm³/mol. The molecule has 0 fully saturated rings. The molecule has 0 bridgehead atoms. The first kappa shape index (κ1) is 12.0. The van der Waals surface area contributed by atoms with E-state index in [-0.39, 0.29) is 5.84 Å². The summed E-state index contributed by atoms with van der Waals surface area (Å²) in [6, 6.07) is 11.3. The van der Waals surface area contributed by atoms with E-state index < -0.39 is 0 Å². The van der Waals surface area contributed by atoms with E-state index in [0.717, 1.165) is 9.79 Å². The Hall–Kier alpha value is -1.52. The summed E-state index contributed by atoms with van der Waals surface area (Å²) in [7, 11) is 0. The summed E-state index contributed by atoms with van der Waals surface area (Å²) in [6.45, 7) is 0. The van der Waals surface area contributed by atoms with Crippen molar-refractivity contribution in [3.63, 3.8) is 0 Å². The van der Waals surface area contributed by atoms with Gasteiger partial charge >= 0.3 is 0 Å². The average molecular weight is 264 g/mol. The molecule has 0 aliphatic heterocycles. The monoisotopic (exact) mass is 263 g/mol. The quantitative estimate of drug-likeness (QED) is 0.660. The SMILES string of the molecule is N=C(N)c1cc(Sc2cccc(Cl)c2)ccn1. The highest BCUT2D eigenvalue weighted by atomic mass is 35.5. The van der Waals surface area contributed by atoms with Gasteiger partial charge in [-0.05, 0) is 30.3 Å². The largest absolute Gasteiger partial charge is 0.382 e. The lowest BCUT2D eigenvalue weighted by Gasteiger charge is -2.03. The zero-order valence-corrected chi connectivity index (χ0v) is 10.4. The molecule has 0 saturated heterocycles. The Morgan fingerprint density at radius 1 is 1.24 bits per heavy atom. The maximum Gasteiger partial charge on any atom is 0.141 e. The summed E-state index contributed by atoms with van der Waals surface area (Å²) in [6.07, 6.45) is 1.64. The van der Waals surface area contributed by atoms with Crippen LogP contribution in [0.5, 0.6) is 0 Å². The normalized spacial score (nSPS) is 10.2. The Bertz CT molecular complexity index is 557. The number of benzene rings is 1. The topological polar surface area (TPSA) is 62.8 Å². The first-order valence-corrected chi connectivity index (χ1v) is 6.08. The van der Waals surface area contributed by atoms with Crippen LogP contribution >= 0.6 is 23.4 Å². The van der Waals surface area contributed by atoms with Crippen molar-refractivity contribution in [2.24, 2.45) is 5.73 Å². The number of hydrogen-bond acceptors (Lipinski definition) is 3. The van der Waals surface area contributed by atoms with Crippen LogP contribution in [0.1, 0.15) is 5.69 Å². The number of pyridine rings is 1. The smallest absolute Gasteiger partial charge is 0.141 e. The third kappa shape index (κ3) is 3.22. The molecule has 1 aromatic heterocycles. The number of rotatable bonds is 3. The second-order valence-electron chi connectivity index (χ2n) is 3.35. The van der Waals surface area contributed by atoms with Gasteiger partial charge in [0.05, 0.1) is 0 Å². The van der Waals surface area contributed by atoms with Gasteiger partial charge in [-0.15, -0.1) is 0 Å². The zero-order valence-electron chi connectivity index (χ0n) is 8.85. The van der Waals surface area contributed by atoms with E-state index in [1.165, 1.54) is 0 Å². The Balaban J connectivity index is 2.24. The molecule has 3 nitrogen and oxygen atoms in total. The van der Waals surface area contributed by atoms with Gasteiger partial charge in [-0.25, -0.2) is 0 Å². The van der Waals surface area contributed by atoms with E-state index in [9.17, 15) is 0 Å². The van der Waals surface area contributed by atoms with E-state index in [2.05, 4.69) is 4.98 Å². The predicted octanol–water partition coefficient (Wildman–Crippen LogP) is 3.17. The van der Waals surface area contributed by atoms with Crippen molar-refractivity contribution in [1.29, 1.82) is 5.41 Å². The third-order valence-electron chi connectivity index (χ3n) is 2.04. The molecular formula is C12H10ClN3S. The fourth-order valence-corrected chi connectivity index (χ4v) is 2.45. The molecule has 17 heavy (non-hydrogen) atoms. The molecule has 3 N–H and O–H groups in total. The van der Waals surface area contributed by atoms with E-state index in [1.54, 1.807) is 24.0 Å². The highest BCUT2D eigenvalue weighted by molar-refractivity contribution is 7.99. The van der Waals surface area contributed by atoms with Gasteiger partial charge in [0, 0.05) is 21.0 Å². The van der Waals surface area contributed by atoms with Crippen molar-refractivity contribution in [2.45, 2.75) is 9.79 Å². The average Bonchev–Trinajstić information content (AvgIpc) is 2.29. The molecule has 0 amide bonds. The minimum Gasteiger partial charge on any atom is -0.382 e. The lowest BCUT2D eigenvalue weighted by atomic mass is 10.3. The van der Waals surface area contributed by atoms with Crippen molar-refractivity contribution in [3.05, 3.63) is 53.3 Å². The third-order valence-corrected chi connectivity index (χ3v) is 3.25. The second kappa shape index (κ2) is 5.21. The summed E-state index contributed by atoms with van der Waals surface area (Å²) >= 11 is 7.47. The molecule has 0 saturated carbocycles. The molecule has 2 rings (SSSR count). The number of nitrogens with one attached hydrogen (secondary N) is 1. The van der Waals surface area contributed by atoms with Crippen molar-refractivity contribution >= 4 is 29.2 Å². The summed E-state index contributed by atoms with van der Waals surface area (Å²) in [4.78, 5) is 6.03. The highest BCUT2D eigenvalue weighted by Crippen LogP contribution is 2.29. The summed E-state index contributed by atoms with van der Waals surface area (Å²) in [5.41, 5.74) is 5.87. The van der Waals surface area contributed by atoms with Crippen molar-refractivity contribution < 1.29 is 0 Å². The van der Waals surface area contributed by atoms with Crippen LogP contribution in [0.25, 0.3) is 0 Å². The van der Waals surface area contributed by atoms with Gasteiger partial charge in [-0.3, -0.25) is 10.4 Å². The molecule has 5 heteroatoms. The van der Waals surface area contributed by atoms with Gasteiger partial charge in [0.1, 0.15) is 11.5 Å². The van der Waals surface area contributed by atoms with Crippen LogP contribution in [0, 0.1) is 5.41 Å². The summed E-state index contributed by atoms with van der Waals surface area (Å²) in [5.74, 6) is -0.0291. The fourth-order valence-electron chi connectivity index (χ4n) is 1.29. The molecule has 1 heterocycles. The fraction of sp³-hybridized carbons (Fsp3) is 0. The molecule has 0 aliphatic carbocycles. The Kier molecular flexibility index (Phi) is 3.66. The van der Waals surface area contributed by atoms with Gasteiger partial charge in [-0.2, -0.15) is 0 Å². The minimum absolute atomic E-state index is 0.0291. The van der Waals surface area contributed by atoms with Crippen LogP contribution in [-0.4, -0.2) is 10.8 Å². The molecule has 0 aliphatic rings. The van der Waals surface area contributed by atoms with Crippen LogP contribution in [-0.2, 0) is 0 Å². The number of amidine groups is 1. The van der Waals surface area contributed by atoms with Crippen molar-refractivity contribution in [1.82, 2.24) is 4.98 Å². The van der Waals surface area contributed by atoms with E-state index >= 15 is 0 Å². The number of nitrogens with zero attached hydrogens (tertiary/aromatic N) is 1. The van der Waals surface area contributed by atoms with Crippen LogP contribution in [0.3, 0.4) is 0 Å². The zero-order chi connectivity index (χ0) is 12.3. The van der Waals surface area contributed by atoms with Crippen LogP contribution in [0.2, 0.25) is 5.02 Å². The lowest BCUT2D eigenvalue weighted by molar-refractivity contribution is 1.21. The molecule has 0 spiro atoms. The molecule has 86 valence electrons. The second-order valence-corrected chi connectivity index (χ2v) is 4.93. The van der Waals surface area contributed by atoms with Crippen LogP contribution in [0.4, 0.5) is 0 Å². The number of aromatic nitrogens is 1. The van der Waals surface area contributed by atoms with Gasteiger partial charge in [0.2, 0.25) is 0 Å². The Labute approximate surface area is 109 Å². The Morgan fingerprint density at radius 2 is 2.00 bits per heavy atom. The number of halogens is 1. The highest BCUT2D eigenvalue weighted by Gasteiger charge is 2.02. The molecule has 0 radical (unpaired) electrons. The van der Waals surface area contributed by atoms with E-state index in [1.807, 2.05) is 30.3 Å². The first-order chi connectivity index (χ1) is 8.15. The van der Waals surface area contributed by atoms with Crippen LogP contribution in [0.15, 0.2) is 52.4 Å². The molecule has 2 aromatic rings. The van der Waals surface area contributed by atoms with Gasteiger partial charge in [-0.1, -0.05) is 29.4 Å². The maximum atomic E-state index is 7.33. The van der Waals surface area contributed by atoms with E-state index in [4.69, 9.17) is 22.7 Å². The number of hydrogen-bond donors (Lipinski definition) is 2. The Morgan fingerprint density at radius 3 is 2.71 bits per heavy atom. The number of nitrogen functional groups attached to an aromatic ring is 1. The standard InChI is InChI=1S/C12H10ClN3S/c13-8-2-1-3-9(6-8)17-10-4-5-16-11(7-10)12(14)15/h1-7H,(H3,14,15). The first-order valence-electron chi connectivity index (χ1n) is 4.89. The van der Waals surface area contributed by atoms with Gasteiger partial charge < -0.3 is 5.73 Å². The van der Waals surface area contributed by atoms with Gasteiger partial charge in [0.25, 0.3) is 0 Å². The van der Waals surface area contributed by atoms with Gasteiger partial charge in [0.15, 0.2) is 0 Å².